The van der Waals surface area contributed by atoms with E-state index in [2.05, 4.69) is 20.7 Å². The number of rotatable bonds is 2. The SMILES string of the molecule is CN1C(=O)NC2(CCN(C(=O)NCc3ncn(C)n3)CC2)C1=O. The summed E-state index contributed by atoms with van der Waals surface area (Å²) >= 11 is 0. The standard InChI is InChI=1S/C13H19N7O3/c1-18-8-15-9(17-18)7-14-11(22)20-5-3-13(4-6-20)10(21)19(2)12(23)16-13/h8H,3-7H2,1-2H3,(H,14,22)(H,16,23). The van der Waals surface area contributed by atoms with Crippen LogP contribution in [0.3, 0.4) is 0 Å². The molecular weight excluding hydrogens is 302 g/mol. The normalized spacial score (nSPS) is 20.1. The molecule has 2 N–H and O–H groups in total. The number of piperidine rings is 1. The first-order valence-electron chi connectivity index (χ1n) is 7.39. The van der Waals surface area contributed by atoms with Crippen LogP contribution in [0.5, 0.6) is 0 Å². The molecule has 0 bridgehead atoms. The summed E-state index contributed by atoms with van der Waals surface area (Å²) in [5.74, 6) is 0.314. The second-order valence-electron chi connectivity index (χ2n) is 5.86. The monoisotopic (exact) mass is 321 g/mol. The fourth-order valence-electron chi connectivity index (χ4n) is 2.92. The van der Waals surface area contributed by atoms with Crippen molar-refractivity contribution in [2.45, 2.75) is 24.9 Å². The topological polar surface area (TPSA) is 112 Å². The Labute approximate surface area is 132 Å². The Hall–Kier alpha value is -2.65. The molecule has 3 heterocycles. The van der Waals surface area contributed by atoms with Crippen LogP contribution in [0.2, 0.25) is 0 Å². The van der Waals surface area contributed by atoms with Crippen LogP contribution >= 0.6 is 0 Å². The number of likely N-dealkylation sites (tertiary alicyclic amines) is 1. The molecule has 0 aliphatic carbocycles. The molecular formula is C13H19N7O3. The maximum atomic E-state index is 12.2. The molecule has 10 nitrogen and oxygen atoms in total. The number of aryl methyl sites for hydroxylation is 1. The van der Waals surface area contributed by atoms with Crippen LogP contribution < -0.4 is 10.6 Å². The number of likely N-dealkylation sites (N-methyl/N-ethyl adjacent to an activating group) is 1. The zero-order chi connectivity index (χ0) is 16.6. The van der Waals surface area contributed by atoms with E-state index in [4.69, 9.17) is 0 Å². The molecule has 2 aliphatic rings. The summed E-state index contributed by atoms with van der Waals surface area (Å²) in [5, 5.41) is 9.59. The number of imide groups is 1. The lowest BCUT2D eigenvalue weighted by Gasteiger charge is -2.37. The molecule has 1 aromatic heterocycles. The molecule has 3 rings (SSSR count). The van der Waals surface area contributed by atoms with Crippen LogP contribution in [-0.2, 0) is 18.4 Å². The molecule has 124 valence electrons. The molecule has 0 unspecified atom stereocenters. The molecule has 0 atom stereocenters. The summed E-state index contributed by atoms with van der Waals surface area (Å²) in [6.45, 7) is 1.06. The second-order valence-corrected chi connectivity index (χ2v) is 5.86. The molecule has 1 spiro atoms. The molecule has 2 aliphatic heterocycles. The van der Waals surface area contributed by atoms with Crippen molar-refractivity contribution in [3.63, 3.8) is 0 Å². The Morgan fingerprint density at radius 3 is 2.57 bits per heavy atom. The summed E-state index contributed by atoms with van der Waals surface area (Å²) in [6, 6.07) is -0.605. The number of nitrogens with zero attached hydrogens (tertiary/aromatic N) is 5. The molecule has 0 saturated carbocycles. The minimum Gasteiger partial charge on any atom is -0.331 e. The van der Waals surface area contributed by atoms with Gasteiger partial charge in [-0.1, -0.05) is 0 Å². The van der Waals surface area contributed by atoms with E-state index in [0.717, 1.165) is 4.90 Å². The molecule has 2 saturated heterocycles. The van der Waals surface area contributed by atoms with E-state index in [1.54, 1.807) is 23.0 Å². The van der Waals surface area contributed by atoms with Gasteiger partial charge >= 0.3 is 12.1 Å². The highest BCUT2D eigenvalue weighted by Crippen LogP contribution is 2.28. The lowest BCUT2D eigenvalue weighted by Crippen LogP contribution is -2.57. The van der Waals surface area contributed by atoms with Gasteiger partial charge in [-0.25, -0.2) is 14.6 Å². The Morgan fingerprint density at radius 1 is 1.35 bits per heavy atom. The summed E-state index contributed by atoms with van der Waals surface area (Å²) in [6.07, 6.45) is 2.39. The van der Waals surface area contributed by atoms with Gasteiger partial charge in [0.1, 0.15) is 11.9 Å². The zero-order valence-electron chi connectivity index (χ0n) is 13.1. The van der Waals surface area contributed by atoms with E-state index in [0.29, 0.717) is 31.8 Å². The average molecular weight is 321 g/mol. The van der Waals surface area contributed by atoms with Gasteiger partial charge < -0.3 is 15.5 Å². The van der Waals surface area contributed by atoms with Crippen LogP contribution in [0.1, 0.15) is 18.7 Å². The average Bonchev–Trinajstić information content (AvgIpc) is 3.04. The lowest BCUT2D eigenvalue weighted by molar-refractivity contribution is -0.131. The molecule has 23 heavy (non-hydrogen) atoms. The largest absolute Gasteiger partial charge is 0.331 e. The van der Waals surface area contributed by atoms with E-state index in [9.17, 15) is 14.4 Å². The van der Waals surface area contributed by atoms with Crippen molar-refractivity contribution in [3.05, 3.63) is 12.2 Å². The Morgan fingerprint density at radius 2 is 2.04 bits per heavy atom. The van der Waals surface area contributed by atoms with Gasteiger partial charge in [0.2, 0.25) is 0 Å². The molecule has 5 amide bonds. The number of urea groups is 2. The first-order chi connectivity index (χ1) is 10.9. The van der Waals surface area contributed by atoms with E-state index in [1.165, 1.54) is 7.05 Å². The Kier molecular flexibility index (Phi) is 3.66. The van der Waals surface area contributed by atoms with Gasteiger partial charge in [-0.15, -0.1) is 0 Å². The molecule has 10 heteroatoms. The third-order valence-electron chi connectivity index (χ3n) is 4.31. The predicted octanol–water partition coefficient (Wildman–Crippen LogP) is -0.959. The number of hydrogen-bond acceptors (Lipinski definition) is 5. The minimum absolute atomic E-state index is 0.222. The van der Waals surface area contributed by atoms with Crippen LogP contribution in [-0.4, -0.2) is 68.2 Å². The summed E-state index contributed by atoms with van der Waals surface area (Å²) in [4.78, 5) is 42.7. The number of carbonyl (C=O) groups excluding carboxylic acids is 3. The predicted molar refractivity (Wildman–Crippen MR) is 78.1 cm³/mol. The van der Waals surface area contributed by atoms with Gasteiger partial charge in [0, 0.05) is 27.2 Å². The highest BCUT2D eigenvalue weighted by molar-refractivity contribution is 6.06. The maximum Gasteiger partial charge on any atom is 0.324 e. The van der Waals surface area contributed by atoms with E-state index in [-0.39, 0.29) is 24.5 Å². The summed E-state index contributed by atoms with van der Waals surface area (Å²) in [7, 11) is 3.22. The van der Waals surface area contributed by atoms with Gasteiger partial charge in [0.15, 0.2) is 5.82 Å². The fourth-order valence-corrected chi connectivity index (χ4v) is 2.92. The molecule has 0 radical (unpaired) electrons. The number of nitrogens with one attached hydrogen (secondary N) is 2. The van der Waals surface area contributed by atoms with Gasteiger partial charge in [-0.3, -0.25) is 14.4 Å². The number of aromatic nitrogens is 3. The van der Waals surface area contributed by atoms with Crippen molar-refractivity contribution >= 4 is 18.0 Å². The van der Waals surface area contributed by atoms with Crippen molar-refractivity contribution in [2.75, 3.05) is 20.1 Å². The van der Waals surface area contributed by atoms with E-state index >= 15 is 0 Å². The summed E-state index contributed by atoms with van der Waals surface area (Å²) in [5.41, 5.74) is -0.856. The maximum absolute atomic E-state index is 12.2. The summed E-state index contributed by atoms with van der Waals surface area (Å²) < 4.78 is 1.57. The first-order valence-corrected chi connectivity index (χ1v) is 7.39. The van der Waals surface area contributed by atoms with Crippen LogP contribution in [0.15, 0.2) is 6.33 Å². The van der Waals surface area contributed by atoms with Crippen molar-refractivity contribution in [1.82, 2.24) is 35.2 Å². The van der Waals surface area contributed by atoms with Crippen LogP contribution in [0.4, 0.5) is 9.59 Å². The minimum atomic E-state index is -0.856. The van der Waals surface area contributed by atoms with Gasteiger partial charge in [-0.2, -0.15) is 5.10 Å². The van der Waals surface area contributed by atoms with Gasteiger partial charge in [-0.05, 0) is 12.8 Å². The van der Waals surface area contributed by atoms with Crippen molar-refractivity contribution in [2.24, 2.45) is 7.05 Å². The third kappa shape index (κ3) is 2.71. The second kappa shape index (κ2) is 5.52. The lowest BCUT2D eigenvalue weighted by atomic mass is 9.87. The van der Waals surface area contributed by atoms with E-state index < -0.39 is 5.54 Å². The van der Waals surface area contributed by atoms with E-state index in [1.807, 2.05) is 0 Å². The fraction of sp³-hybridized carbons (Fsp3) is 0.615. The smallest absolute Gasteiger partial charge is 0.324 e. The molecule has 2 fully saturated rings. The van der Waals surface area contributed by atoms with Crippen molar-refractivity contribution in [3.8, 4) is 0 Å². The van der Waals surface area contributed by atoms with Gasteiger partial charge in [0.25, 0.3) is 5.91 Å². The molecule has 0 aromatic carbocycles. The highest BCUT2D eigenvalue weighted by Gasteiger charge is 2.51. The third-order valence-corrected chi connectivity index (χ3v) is 4.31. The number of carbonyl (C=O) groups is 3. The van der Waals surface area contributed by atoms with Gasteiger partial charge in [0.05, 0.1) is 6.54 Å². The molecule has 1 aromatic rings. The van der Waals surface area contributed by atoms with Crippen molar-refractivity contribution in [1.29, 1.82) is 0 Å². The quantitative estimate of drug-likeness (QED) is 0.681. The number of amides is 5. The zero-order valence-corrected chi connectivity index (χ0v) is 13.1. The van der Waals surface area contributed by atoms with Crippen LogP contribution in [0.25, 0.3) is 0 Å². The van der Waals surface area contributed by atoms with Crippen LogP contribution in [0, 0.1) is 0 Å². The number of hydrogen-bond donors (Lipinski definition) is 2. The highest BCUT2D eigenvalue weighted by atomic mass is 16.2. The first kappa shape index (κ1) is 15.3. The Bertz CT molecular complexity index is 648. The Balaban J connectivity index is 1.53. The van der Waals surface area contributed by atoms with Crippen molar-refractivity contribution < 1.29 is 14.4 Å².